The summed E-state index contributed by atoms with van der Waals surface area (Å²) in [6.45, 7) is 3.84. The molecule has 1 aliphatic rings. The van der Waals surface area contributed by atoms with Gasteiger partial charge in [-0.25, -0.2) is 0 Å². The van der Waals surface area contributed by atoms with E-state index in [9.17, 15) is 0 Å². The molecule has 1 fully saturated rings. The van der Waals surface area contributed by atoms with Gasteiger partial charge in [-0.1, -0.05) is 6.07 Å². The maximum atomic E-state index is 5.89. The molecule has 1 aromatic carbocycles. The number of ether oxygens (including phenoxy) is 1. The summed E-state index contributed by atoms with van der Waals surface area (Å²) in [5, 5.41) is 0.695. The number of nitrogens with two attached hydrogens (primary N) is 1. The monoisotopic (exact) mass is 223 g/mol. The molecule has 2 nitrogen and oxygen atoms in total. The molecule has 15 heavy (non-hydrogen) atoms. The summed E-state index contributed by atoms with van der Waals surface area (Å²) >= 11 is 1.93. The van der Waals surface area contributed by atoms with Crippen molar-refractivity contribution in [3.05, 3.63) is 23.8 Å². The molecule has 0 atom stereocenters. The van der Waals surface area contributed by atoms with Crippen LogP contribution in [-0.2, 0) is 4.74 Å². The molecule has 1 saturated heterocycles. The molecule has 0 spiro atoms. The van der Waals surface area contributed by atoms with E-state index in [-0.39, 0.29) is 0 Å². The topological polar surface area (TPSA) is 35.2 Å². The zero-order valence-corrected chi connectivity index (χ0v) is 9.85. The molecule has 0 unspecified atom stereocenters. The van der Waals surface area contributed by atoms with Crippen molar-refractivity contribution >= 4 is 17.4 Å². The maximum Gasteiger partial charge on any atom is 0.0476 e. The molecule has 1 aliphatic heterocycles. The minimum atomic E-state index is 0.695. The van der Waals surface area contributed by atoms with Gasteiger partial charge in [-0.2, -0.15) is 0 Å². The van der Waals surface area contributed by atoms with E-state index in [0.717, 1.165) is 37.3 Å². The average molecular weight is 223 g/mol. The Morgan fingerprint density at radius 3 is 2.73 bits per heavy atom. The summed E-state index contributed by atoms with van der Waals surface area (Å²) in [6.07, 6.45) is 2.30. The van der Waals surface area contributed by atoms with Crippen LogP contribution >= 0.6 is 11.8 Å². The van der Waals surface area contributed by atoms with E-state index in [1.807, 2.05) is 18.7 Å². The van der Waals surface area contributed by atoms with E-state index in [4.69, 9.17) is 10.5 Å². The van der Waals surface area contributed by atoms with Crippen LogP contribution in [-0.4, -0.2) is 18.5 Å². The second-order valence-corrected chi connectivity index (χ2v) is 5.32. The van der Waals surface area contributed by atoms with Crippen LogP contribution in [0.2, 0.25) is 0 Å². The van der Waals surface area contributed by atoms with Crippen molar-refractivity contribution < 1.29 is 4.74 Å². The molecule has 82 valence electrons. The van der Waals surface area contributed by atoms with Crippen molar-refractivity contribution in [2.75, 3.05) is 18.9 Å². The van der Waals surface area contributed by atoms with Crippen LogP contribution in [0.4, 0.5) is 5.69 Å². The van der Waals surface area contributed by atoms with E-state index >= 15 is 0 Å². The van der Waals surface area contributed by atoms with E-state index in [2.05, 4.69) is 18.2 Å². The van der Waals surface area contributed by atoms with Crippen LogP contribution in [0.3, 0.4) is 0 Å². The molecule has 0 radical (unpaired) electrons. The Hall–Kier alpha value is -0.670. The predicted octanol–water partition coefficient (Wildman–Crippen LogP) is 2.85. The Morgan fingerprint density at radius 1 is 1.33 bits per heavy atom. The van der Waals surface area contributed by atoms with E-state index in [0.29, 0.717) is 5.25 Å². The van der Waals surface area contributed by atoms with E-state index < -0.39 is 0 Å². The molecule has 0 aromatic heterocycles. The Balaban J connectivity index is 2.00. The van der Waals surface area contributed by atoms with Gasteiger partial charge in [-0.05, 0) is 37.5 Å². The fourth-order valence-electron chi connectivity index (χ4n) is 1.68. The van der Waals surface area contributed by atoms with Crippen LogP contribution in [0.1, 0.15) is 18.4 Å². The van der Waals surface area contributed by atoms with Gasteiger partial charge in [0.25, 0.3) is 0 Å². The standard InChI is InChI=1S/C12H17NOS/c1-9-2-3-11(8-12(9)13)15-10-4-6-14-7-5-10/h2-3,8,10H,4-7,13H2,1H3. The first-order chi connectivity index (χ1) is 7.25. The average Bonchev–Trinajstić information content (AvgIpc) is 2.25. The van der Waals surface area contributed by atoms with Gasteiger partial charge in [-0.3, -0.25) is 0 Å². The molecular formula is C12H17NOS. The molecule has 2 rings (SSSR count). The van der Waals surface area contributed by atoms with Gasteiger partial charge in [-0.15, -0.1) is 11.8 Å². The molecule has 1 heterocycles. The number of benzene rings is 1. The van der Waals surface area contributed by atoms with Crippen molar-refractivity contribution in [1.29, 1.82) is 0 Å². The van der Waals surface area contributed by atoms with Crippen molar-refractivity contribution in [1.82, 2.24) is 0 Å². The number of hydrogen-bond donors (Lipinski definition) is 1. The van der Waals surface area contributed by atoms with Gasteiger partial charge in [0.2, 0.25) is 0 Å². The van der Waals surface area contributed by atoms with E-state index in [1.54, 1.807) is 0 Å². The summed E-state index contributed by atoms with van der Waals surface area (Å²) in [4.78, 5) is 1.28. The quantitative estimate of drug-likeness (QED) is 0.783. The Labute approximate surface area is 95.2 Å². The minimum absolute atomic E-state index is 0.695. The molecule has 1 aromatic rings. The van der Waals surface area contributed by atoms with E-state index in [1.165, 1.54) is 4.90 Å². The fraction of sp³-hybridized carbons (Fsp3) is 0.500. The van der Waals surface area contributed by atoms with Gasteiger partial charge in [0.05, 0.1) is 0 Å². The normalized spacial score (nSPS) is 17.9. The van der Waals surface area contributed by atoms with Crippen LogP contribution in [0.5, 0.6) is 0 Å². The highest BCUT2D eigenvalue weighted by Gasteiger charge is 2.14. The van der Waals surface area contributed by atoms with Gasteiger partial charge < -0.3 is 10.5 Å². The third-order valence-corrected chi connectivity index (χ3v) is 4.05. The minimum Gasteiger partial charge on any atom is -0.398 e. The van der Waals surface area contributed by atoms with Crippen molar-refractivity contribution in [3.8, 4) is 0 Å². The number of anilines is 1. The predicted molar refractivity (Wildman–Crippen MR) is 65.3 cm³/mol. The first-order valence-electron chi connectivity index (χ1n) is 5.36. The highest BCUT2D eigenvalue weighted by Crippen LogP contribution is 2.31. The van der Waals surface area contributed by atoms with Crippen LogP contribution in [0.25, 0.3) is 0 Å². The second kappa shape index (κ2) is 4.90. The highest BCUT2D eigenvalue weighted by molar-refractivity contribution is 8.00. The summed E-state index contributed by atoms with van der Waals surface area (Å²) < 4.78 is 5.34. The third-order valence-electron chi connectivity index (χ3n) is 2.72. The Kier molecular flexibility index (Phi) is 3.54. The summed E-state index contributed by atoms with van der Waals surface area (Å²) in [7, 11) is 0. The number of rotatable bonds is 2. The van der Waals surface area contributed by atoms with Crippen molar-refractivity contribution in [2.24, 2.45) is 0 Å². The van der Waals surface area contributed by atoms with Gasteiger partial charge in [0.1, 0.15) is 0 Å². The van der Waals surface area contributed by atoms with Crippen LogP contribution < -0.4 is 5.73 Å². The van der Waals surface area contributed by atoms with Crippen LogP contribution in [0, 0.1) is 6.92 Å². The largest absolute Gasteiger partial charge is 0.398 e. The summed E-state index contributed by atoms with van der Waals surface area (Å²) in [6, 6.07) is 6.33. The lowest BCUT2D eigenvalue weighted by Crippen LogP contribution is -2.17. The maximum absolute atomic E-state index is 5.89. The van der Waals surface area contributed by atoms with Gasteiger partial charge in [0, 0.05) is 29.0 Å². The number of aryl methyl sites for hydroxylation is 1. The summed E-state index contributed by atoms with van der Waals surface area (Å²) in [5.41, 5.74) is 7.94. The van der Waals surface area contributed by atoms with Gasteiger partial charge >= 0.3 is 0 Å². The lowest BCUT2D eigenvalue weighted by atomic mass is 10.2. The SMILES string of the molecule is Cc1ccc(SC2CCOCC2)cc1N. The smallest absolute Gasteiger partial charge is 0.0476 e. The number of thioether (sulfide) groups is 1. The van der Waals surface area contributed by atoms with Gasteiger partial charge in [0.15, 0.2) is 0 Å². The zero-order valence-electron chi connectivity index (χ0n) is 9.03. The van der Waals surface area contributed by atoms with Crippen LogP contribution in [0.15, 0.2) is 23.1 Å². The Morgan fingerprint density at radius 2 is 2.07 bits per heavy atom. The molecular weight excluding hydrogens is 206 g/mol. The van der Waals surface area contributed by atoms with Crippen molar-refractivity contribution in [2.45, 2.75) is 29.9 Å². The summed E-state index contributed by atoms with van der Waals surface area (Å²) in [5.74, 6) is 0. The lowest BCUT2D eigenvalue weighted by molar-refractivity contribution is 0.100. The first-order valence-corrected chi connectivity index (χ1v) is 6.24. The molecule has 0 amide bonds. The number of hydrogen-bond acceptors (Lipinski definition) is 3. The second-order valence-electron chi connectivity index (χ2n) is 3.95. The molecule has 0 saturated carbocycles. The fourth-order valence-corrected chi connectivity index (χ4v) is 2.83. The molecule has 0 aliphatic carbocycles. The molecule has 2 N–H and O–H groups in total. The lowest BCUT2D eigenvalue weighted by Gasteiger charge is -2.21. The Bertz CT molecular complexity index is 334. The first kappa shape index (κ1) is 10.8. The molecule has 0 bridgehead atoms. The van der Waals surface area contributed by atoms with Crippen molar-refractivity contribution in [3.63, 3.8) is 0 Å². The molecule has 3 heteroatoms. The highest BCUT2D eigenvalue weighted by atomic mass is 32.2. The third kappa shape index (κ3) is 2.89. The zero-order chi connectivity index (χ0) is 10.7. The number of nitrogen functional groups attached to an aromatic ring is 1.